The number of benzene rings is 1. The van der Waals surface area contributed by atoms with E-state index in [-0.39, 0.29) is 11.0 Å². The van der Waals surface area contributed by atoms with Gasteiger partial charge in [0, 0.05) is 36.6 Å². The molecule has 0 saturated heterocycles. The quantitative estimate of drug-likeness (QED) is 0.784. The maximum atomic E-state index is 12.8. The van der Waals surface area contributed by atoms with Crippen LogP contribution >= 0.6 is 0 Å². The van der Waals surface area contributed by atoms with Gasteiger partial charge < -0.3 is 9.66 Å². The van der Waals surface area contributed by atoms with Crippen LogP contribution in [0.5, 0.6) is 5.75 Å². The van der Waals surface area contributed by atoms with Crippen LogP contribution < -0.4 is 5.43 Å². The second-order valence-electron chi connectivity index (χ2n) is 5.59. The fraction of sp³-hybridized carbons (Fsp3) is 0.312. The third-order valence-corrected chi connectivity index (χ3v) is 6.30. The van der Waals surface area contributed by atoms with Gasteiger partial charge in [-0.2, -0.15) is 5.10 Å². The van der Waals surface area contributed by atoms with E-state index in [1.807, 2.05) is 18.3 Å². The van der Waals surface area contributed by atoms with Crippen molar-refractivity contribution in [3.63, 3.8) is 0 Å². The van der Waals surface area contributed by atoms with E-state index in [9.17, 15) is 9.66 Å². The zero-order valence-corrected chi connectivity index (χ0v) is 12.3. The number of hydrazone groups is 1. The lowest BCUT2D eigenvalue weighted by atomic mass is 9.90. The van der Waals surface area contributed by atoms with Crippen molar-refractivity contribution in [2.45, 2.75) is 30.9 Å². The summed E-state index contributed by atoms with van der Waals surface area (Å²) in [5.74, 6) is 0.244. The molecule has 4 rings (SSSR count). The zero-order chi connectivity index (χ0) is 14.4. The van der Waals surface area contributed by atoms with Gasteiger partial charge in [0.2, 0.25) is 0 Å². The smallest absolute Gasteiger partial charge is 0.150 e. The first-order valence-electron chi connectivity index (χ1n) is 7.15. The summed E-state index contributed by atoms with van der Waals surface area (Å²) in [6.45, 7) is 0. The Morgan fingerprint density at radius 2 is 2.05 bits per heavy atom. The highest BCUT2D eigenvalue weighted by Crippen LogP contribution is 2.49. The molecule has 0 saturated carbocycles. The van der Waals surface area contributed by atoms with Gasteiger partial charge in [-0.15, -0.1) is 0 Å². The molecule has 0 fully saturated rings. The van der Waals surface area contributed by atoms with E-state index in [0.717, 1.165) is 41.8 Å². The Bertz CT molecular complexity index is 676. The topological polar surface area (TPSA) is 67.7 Å². The Balaban J connectivity index is 1.67. The van der Waals surface area contributed by atoms with E-state index < -0.39 is 11.2 Å². The Labute approximate surface area is 126 Å². The summed E-state index contributed by atoms with van der Waals surface area (Å²) < 4.78 is 12.8. The van der Waals surface area contributed by atoms with Crippen molar-refractivity contribution in [2.24, 2.45) is 5.10 Å². The first-order valence-corrected chi connectivity index (χ1v) is 8.37. The minimum Gasteiger partial charge on any atom is -0.611 e. The molecule has 1 aromatic rings. The standard InChI is InChI=1S/C16H16N2O2S/c19-12-4-1-10(2-5-12)15-9-13-14(21(15)20)6-3-11-7-8-17-18-16(11)13/h1-2,4-5,8,15,18-19H,3,6-7,9H2. The average Bonchev–Trinajstić information content (AvgIpc) is 2.86. The van der Waals surface area contributed by atoms with Gasteiger partial charge in [-0.1, -0.05) is 12.1 Å². The number of phenols is 1. The average molecular weight is 300 g/mol. The second kappa shape index (κ2) is 4.93. The normalized spacial score (nSPS) is 27.5. The maximum absolute atomic E-state index is 12.8. The minimum atomic E-state index is -0.978. The number of hydrogen-bond donors (Lipinski definition) is 2. The van der Waals surface area contributed by atoms with Gasteiger partial charge in [-0.05, 0) is 35.3 Å². The van der Waals surface area contributed by atoms with Crippen molar-refractivity contribution in [1.82, 2.24) is 5.43 Å². The van der Waals surface area contributed by atoms with Crippen molar-refractivity contribution < 1.29 is 9.66 Å². The van der Waals surface area contributed by atoms with Crippen LogP contribution in [0.1, 0.15) is 36.5 Å². The maximum Gasteiger partial charge on any atom is 0.150 e. The predicted molar refractivity (Wildman–Crippen MR) is 83.1 cm³/mol. The van der Waals surface area contributed by atoms with E-state index >= 15 is 0 Å². The minimum absolute atomic E-state index is 0.00449. The van der Waals surface area contributed by atoms with Gasteiger partial charge in [0.25, 0.3) is 0 Å². The van der Waals surface area contributed by atoms with Crippen LogP contribution in [0.3, 0.4) is 0 Å². The molecule has 2 atom stereocenters. The Morgan fingerprint density at radius 1 is 1.24 bits per heavy atom. The molecule has 0 amide bonds. The first kappa shape index (κ1) is 13.0. The highest BCUT2D eigenvalue weighted by molar-refractivity contribution is 7.95. The molecule has 0 bridgehead atoms. The number of aromatic hydroxyl groups is 1. The van der Waals surface area contributed by atoms with E-state index in [0.29, 0.717) is 0 Å². The number of phenolic OH excluding ortho intramolecular Hbond substituents is 1. The number of nitrogens with one attached hydrogen (secondary N) is 1. The monoisotopic (exact) mass is 300 g/mol. The molecule has 108 valence electrons. The molecule has 4 nitrogen and oxygen atoms in total. The van der Waals surface area contributed by atoms with Gasteiger partial charge in [-0.25, -0.2) is 0 Å². The van der Waals surface area contributed by atoms with Crippen LogP contribution in [0.2, 0.25) is 0 Å². The second-order valence-corrected chi connectivity index (χ2v) is 7.25. The number of rotatable bonds is 1. The molecular weight excluding hydrogens is 284 g/mol. The van der Waals surface area contributed by atoms with Crippen molar-refractivity contribution in [2.75, 3.05) is 0 Å². The fourth-order valence-corrected chi connectivity index (χ4v) is 5.11. The molecule has 1 aromatic carbocycles. The van der Waals surface area contributed by atoms with Crippen LogP contribution in [0.25, 0.3) is 0 Å². The van der Waals surface area contributed by atoms with Gasteiger partial charge in [0.1, 0.15) is 15.9 Å². The van der Waals surface area contributed by atoms with Gasteiger partial charge in [0.15, 0.2) is 0 Å². The Hall–Kier alpha value is -1.72. The summed E-state index contributed by atoms with van der Waals surface area (Å²) in [4.78, 5) is 1.08. The molecule has 3 aliphatic rings. The molecule has 0 radical (unpaired) electrons. The molecule has 2 aliphatic heterocycles. The van der Waals surface area contributed by atoms with Crippen LogP contribution in [0.4, 0.5) is 0 Å². The Morgan fingerprint density at radius 3 is 2.86 bits per heavy atom. The van der Waals surface area contributed by atoms with E-state index in [2.05, 4.69) is 10.5 Å². The van der Waals surface area contributed by atoms with Crippen molar-refractivity contribution >= 4 is 17.4 Å². The highest BCUT2D eigenvalue weighted by Gasteiger charge is 2.42. The molecule has 0 spiro atoms. The molecular formula is C16H16N2O2S. The van der Waals surface area contributed by atoms with E-state index in [4.69, 9.17) is 0 Å². The van der Waals surface area contributed by atoms with Crippen molar-refractivity contribution in [1.29, 1.82) is 0 Å². The summed E-state index contributed by atoms with van der Waals surface area (Å²) in [5, 5.41) is 13.6. The summed E-state index contributed by atoms with van der Waals surface area (Å²) in [5.41, 5.74) is 7.83. The predicted octanol–water partition coefficient (Wildman–Crippen LogP) is 2.87. The number of nitrogens with zero attached hydrogens (tertiary/aromatic N) is 1. The van der Waals surface area contributed by atoms with Gasteiger partial charge in [-0.3, -0.25) is 5.43 Å². The molecule has 5 heteroatoms. The van der Waals surface area contributed by atoms with Crippen molar-refractivity contribution in [3.05, 3.63) is 51.6 Å². The number of fused-ring (bicyclic) bond motifs is 1. The molecule has 2 N–H and O–H groups in total. The van der Waals surface area contributed by atoms with E-state index in [1.54, 1.807) is 12.1 Å². The SMILES string of the molecule is [O-][S+]1C2=C(CC1c1ccc(O)cc1)C1=C(CC=NN1)CC2. The van der Waals surface area contributed by atoms with Crippen molar-refractivity contribution in [3.8, 4) is 5.75 Å². The third-order valence-electron chi connectivity index (χ3n) is 4.41. The van der Waals surface area contributed by atoms with E-state index in [1.165, 1.54) is 11.1 Å². The van der Waals surface area contributed by atoms with Crippen LogP contribution in [-0.4, -0.2) is 15.9 Å². The molecule has 2 heterocycles. The summed E-state index contributed by atoms with van der Waals surface area (Å²) in [7, 11) is 0. The molecule has 2 unspecified atom stereocenters. The van der Waals surface area contributed by atoms with Gasteiger partial charge >= 0.3 is 0 Å². The molecule has 0 aromatic heterocycles. The summed E-state index contributed by atoms with van der Waals surface area (Å²) in [6, 6.07) is 7.07. The fourth-order valence-electron chi connectivity index (χ4n) is 3.31. The summed E-state index contributed by atoms with van der Waals surface area (Å²) >= 11 is -0.978. The van der Waals surface area contributed by atoms with Crippen LogP contribution in [0.15, 0.2) is 51.1 Å². The lowest BCUT2D eigenvalue weighted by Gasteiger charge is -2.22. The number of allylic oxidation sites excluding steroid dienone is 3. The third kappa shape index (κ3) is 2.08. The molecule has 21 heavy (non-hydrogen) atoms. The van der Waals surface area contributed by atoms with Crippen LogP contribution in [-0.2, 0) is 11.2 Å². The lowest BCUT2D eigenvalue weighted by Crippen LogP contribution is -2.19. The first-order chi connectivity index (χ1) is 10.2. The van der Waals surface area contributed by atoms with Gasteiger partial charge in [0.05, 0.1) is 5.70 Å². The van der Waals surface area contributed by atoms with Crippen LogP contribution in [0, 0.1) is 0 Å². The largest absolute Gasteiger partial charge is 0.611 e. The highest BCUT2D eigenvalue weighted by atomic mass is 32.2. The lowest BCUT2D eigenvalue weighted by molar-refractivity contribution is 0.475. The zero-order valence-electron chi connectivity index (χ0n) is 11.5. The Kier molecular flexibility index (Phi) is 3.05. The summed E-state index contributed by atoms with van der Waals surface area (Å²) in [6.07, 6.45) is 5.45. The molecule has 1 aliphatic carbocycles. The number of hydrogen-bond acceptors (Lipinski definition) is 4.